The van der Waals surface area contributed by atoms with E-state index in [4.69, 9.17) is 4.74 Å². The Hall–Kier alpha value is -0.650. The second-order valence-corrected chi connectivity index (χ2v) is 5.46. The van der Waals surface area contributed by atoms with Crippen LogP contribution >= 0.6 is 0 Å². The molecule has 5 heteroatoms. The molecule has 0 radical (unpaired) electrons. The number of rotatable bonds is 6. The zero-order valence-corrected chi connectivity index (χ0v) is 12.5. The lowest BCUT2D eigenvalue weighted by Gasteiger charge is -2.30. The molecule has 112 valence electrons. The van der Waals surface area contributed by atoms with Crippen molar-refractivity contribution >= 4 is 5.91 Å². The number of aliphatic hydroxyl groups excluding tert-OH is 1. The smallest absolute Gasteiger partial charge is 0.239 e. The quantitative estimate of drug-likeness (QED) is 0.774. The predicted octanol–water partition coefficient (Wildman–Crippen LogP) is 0.717. The van der Waals surface area contributed by atoms with Gasteiger partial charge >= 0.3 is 0 Å². The minimum absolute atomic E-state index is 0.175. The number of ether oxygens (including phenoxy) is 1. The Morgan fingerprint density at radius 3 is 2.42 bits per heavy atom. The van der Waals surface area contributed by atoms with Gasteiger partial charge in [-0.2, -0.15) is 0 Å². The molecule has 1 rings (SSSR count). The maximum atomic E-state index is 12.4. The van der Waals surface area contributed by atoms with Crippen LogP contribution in [0.5, 0.6) is 0 Å². The molecule has 0 saturated carbocycles. The van der Waals surface area contributed by atoms with Gasteiger partial charge in [0.2, 0.25) is 5.91 Å². The Morgan fingerprint density at radius 1 is 1.32 bits per heavy atom. The molecule has 0 aliphatic carbocycles. The van der Waals surface area contributed by atoms with Crippen molar-refractivity contribution < 1.29 is 14.6 Å². The normalized spacial score (nSPS) is 20.2. The summed E-state index contributed by atoms with van der Waals surface area (Å²) < 4.78 is 4.91. The highest BCUT2D eigenvalue weighted by molar-refractivity contribution is 5.81. The van der Waals surface area contributed by atoms with Crippen LogP contribution < -0.4 is 0 Å². The first-order valence-electron chi connectivity index (χ1n) is 7.22. The summed E-state index contributed by atoms with van der Waals surface area (Å²) in [6.45, 7) is 4.41. The second kappa shape index (κ2) is 8.51. The first-order chi connectivity index (χ1) is 9.06. The molecule has 1 fully saturated rings. The predicted molar refractivity (Wildman–Crippen MR) is 75.0 cm³/mol. The zero-order chi connectivity index (χ0) is 14.3. The lowest BCUT2D eigenvalue weighted by molar-refractivity contribution is -0.136. The maximum Gasteiger partial charge on any atom is 0.239 e. The van der Waals surface area contributed by atoms with E-state index in [0.29, 0.717) is 13.2 Å². The first kappa shape index (κ1) is 16.4. The van der Waals surface area contributed by atoms with E-state index in [1.54, 1.807) is 7.11 Å². The van der Waals surface area contributed by atoms with Gasteiger partial charge in [0.25, 0.3) is 0 Å². The Bertz CT molecular complexity index is 265. The minimum atomic E-state index is -0.547. The largest absolute Gasteiger partial charge is 0.389 e. The Labute approximate surface area is 116 Å². The summed E-state index contributed by atoms with van der Waals surface area (Å²) in [4.78, 5) is 16.3. The molecule has 1 N–H and O–H groups in total. The van der Waals surface area contributed by atoms with Gasteiger partial charge in [-0.05, 0) is 26.8 Å². The number of aliphatic hydroxyl groups is 1. The molecule has 0 aromatic rings. The van der Waals surface area contributed by atoms with Crippen LogP contribution in [-0.2, 0) is 9.53 Å². The van der Waals surface area contributed by atoms with Gasteiger partial charge < -0.3 is 14.7 Å². The average molecular weight is 272 g/mol. The summed E-state index contributed by atoms with van der Waals surface area (Å²) in [5.41, 5.74) is 0. The van der Waals surface area contributed by atoms with E-state index in [9.17, 15) is 9.90 Å². The van der Waals surface area contributed by atoms with Crippen molar-refractivity contribution in [1.29, 1.82) is 0 Å². The summed E-state index contributed by atoms with van der Waals surface area (Å²) in [5.74, 6) is 0.175. The molecule has 2 atom stereocenters. The van der Waals surface area contributed by atoms with Crippen molar-refractivity contribution in [3.63, 3.8) is 0 Å². The fourth-order valence-corrected chi connectivity index (χ4v) is 2.48. The SMILES string of the molecule is COCC(O)CN(C)C(C)C(=O)N1CCCCCC1. The molecule has 1 saturated heterocycles. The molecule has 0 aromatic carbocycles. The minimum Gasteiger partial charge on any atom is -0.389 e. The molecule has 19 heavy (non-hydrogen) atoms. The summed E-state index contributed by atoms with van der Waals surface area (Å²) in [6, 6.07) is -0.190. The van der Waals surface area contributed by atoms with Crippen molar-refractivity contribution in [3.8, 4) is 0 Å². The first-order valence-corrected chi connectivity index (χ1v) is 7.22. The van der Waals surface area contributed by atoms with Crippen LogP contribution in [-0.4, -0.2) is 73.4 Å². The fraction of sp³-hybridized carbons (Fsp3) is 0.929. The van der Waals surface area contributed by atoms with Crippen LogP contribution in [0.3, 0.4) is 0 Å². The van der Waals surface area contributed by atoms with E-state index in [0.717, 1.165) is 25.9 Å². The average Bonchev–Trinajstić information content (AvgIpc) is 2.66. The highest BCUT2D eigenvalue weighted by Gasteiger charge is 2.25. The van der Waals surface area contributed by atoms with Crippen molar-refractivity contribution in [3.05, 3.63) is 0 Å². The number of likely N-dealkylation sites (tertiary alicyclic amines) is 1. The third-order valence-electron chi connectivity index (χ3n) is 3.79. The van der Waals surface area contributed by atoms with Gasteiger partial charge in [0.1, 0.15) is 0 Å². The van der Waals surface area contributed by atoms with E-state index < -0.39 is 6.10 Å². The molecule has 1 amide bonds. The van der Waals surface area contributed by atoms with Gasteiger partial charge in [-0.15, -0.1) is 0 Å². The summed E-state index contributed by atoms with van der Waals surface area (Å²) in [6.07, 6.45) is 4.11. The van der Waals surface area contributed by atoms with Gasteiger partial charge in [-0.1, -0.05) is 12.8 Å². The van der Waals surface area contributed by atoms with E-state index in [-0.39, 0.29) is 11.9 Å². The Kier molecular flexibility index (Phi) is 7.34. The van der Waals surface area contributed by atoms with Crippen molar-refractivity contribution in [2.45, 2.75) is 44.8 Å². The van der Waals surface area contributed by atoms with E-state index in [1.807, 2.05) is 23.8 Å². The number of carbonyl (C=O) groups is 1. The summed E-state index contributed by atoms with van der Waals surface area (Å²) >= 11 is 0. The van der Waals surface area contributed by atoms with Gasteiger partial charge in [-0.3, -0.25) is 9.69 Å². The number of amides is 1. The highest BCUT2D eigenvalue weighted by atomic mass is 16.5. The van der Waals surface area contributed by atoms with Gasteiger partial charge in [-0.25, -0.2) is 0 Å². The van der Waals surface area contributed by atoms with Crippen LogP contribution in [0.25, 0.3) is 0 Å². The Morgan fingerprint density at radius 2 is 1.89 bits per heavy atom. The molecular weight excluding hydrogens is 244 g/mol. The van der Waals surface area contributed by atoms with Crippen LogP contribution in [0.1, 0.15) is 32.6 Å². The molecule has 5 nitrogen and oxygen atoms in total. The summed E-state index contributed by atoms with van der Waals surface area (Å²) in [7, 11) is 3.44. The molecular formula is C14H28N2O3. The number of nitrogens with zero attached hydrogens (tertiary/aromatic N) is 2. The standard InChI is InChI=1S/C14H28N2O3/c1-12(15(2)10-13(17)11-19-3)14(18)16-8-6-4-5-7-9-16/h12-13,17H,4-11H2,1-3H3. The van der Waals surface area contributed by atoms with E-state index in [1.165, 1.54) is 12.8 Å². The molecule has 1 aliphatic heterocycles. The van der Waals surface area contributed by atoms with Crippen molar-refractivity contribution in [2.24, 2.45) is 0 Å². The molecule has 1 aliphatic rings. The maximum absolute atomic E-state index is 12.4. The number of hydrogen-bond donors (Lipinski definition) is 1. The molecule has 0 aromatic heterocycles. The molecule has 2 unspecified atom stereocenters. The lowest BCUT2D eigenvalue weighted by Crippen LogP contribution is -2.48. The van der Waals surface area contributed by atoms with Crippen LogP contribution in [0, 0.1) is 0 Å². The Balaban J connectivity index is 2.45. The topological polar surface area (TPSA) is 53.0 Å². The fourth-order valence-electron chi connectivity index (χ4n) is 2.48. The van der Waals surface area contributed by atoms with E-state index in [2.05, 4.69) is 0 Å². The highest BCUT2D eigenvalue weighted by Crippen LogP contribution is 2.12. The van der Waals surface area contributed by atoms with Crippen LogP contribution in [0.4, 0.5) is 0 Å². The summed E-state index contributed by atoms with van der Waals surface area (Å²) in [5, 5.41) is 9.71. The molecule has 1 heterocycles. The van der Waals surface area contributed by atoms with Gasteiger partial charge in [0, 0.05) is 26.7 Å². The number of methoxy groups -OCH3 is 1. The van der Waals surface area contributed by atoms with Crippen molar-refractivity contribution in [2.75, 3.05) is 40.4 Å². The molecule has 0 spiro atoms. The number of hydrogen-bond acceptors (Lipinski definition) is 4. The van der Waals surface area contributed by atoms with Gasteiger partial charge in [0.15, 0.2) is 0 Å². The monoisotopic (exact) mass is 272 g/mol. The zero-order valence-electron chi connectivity index (χ0n) is 12.5. The van der Waals surface area contributed by atoms with Crippen molar-refractivity contribution in [1.82, 2.24) is 9.80 Å². The third-order valence-corrected chi connectivity index (χ3v) is 3.79. The molecule has 0 bridgehead atoms. The van der Waals surface area contributed by atoms with Crippen LogP contribution in [0.2, 0.25) is 0 Å². The van der Waals surface area contributed by atoms with E-state index >= 15 is 0 Å². The lowest BCUT2D eigenvalue weighted by atomic mass is 10.2. The second-order valence-electron chi connectivity index (χ2n) is 5.46. The number of likely N-dealkylation sites (N-methyl/N-ethyl adjacent to an activating group) is 1. The van der Waals surface area contributed by atoms with Gasteiger partial charge in [0.05, 0.1) is 18.8 Å². The third kappa shape index (κ3) is 5.47. The number of carbonyl (C=O) groups excluding carboxylic acids is 1. The van der Waals surface area contributed by atoms with Crippen LogP contribution in [0.15, 0.2) is 0 Å².